The summed E-state index contributed by atoms with van der Waals surface area (Å²) in [7, 11) is 0. The molecule has 0 radical (unpaired) electrons. The predicted molar refractivity (Wildman–Crippen MR) is 115 cm³/mol. The van der Waals surface area contributed by atoms with Gasteiger partial charge in [0.05, 0.1) is 11.1 Å². The highest BCUT2D eigenvalue weighted by Gasteiger charge is 2.29. The second-order valence-electron chi connectivity index (χ2n) is 7.81. The van der Waals surface area contributed by atoms with Crippen LogP contribution in [0.5, 0.6) is 11.5 Å². The van der Waals surface area contributed by atoms with Crippen LogP contribution in [-0.4, -0.2) is 16.5 Å². The van der Waals surface area contributed by atoms with Gasteiger partial charge in [-0.2, -0.15) is 0 Å². The molecule has 0 amide bonds. The van der Waals surface area contributed by atoms with Crippen LogP contribution in [0, 0.1) is 11.6 Å². The fourth-order valence-corrected chi connectivity index (χ4v) is 3.24. The Balaban J connectivity index is 1.79. The maximum atomic E-state index is 13.3. The number of halogens is 2. The molecule has 0 aliphatic carbocycles. The molecule has 5 heteroatoms. The smallest absolute Gasteiger partial charge is 0.189 e. The molecule has 3 nitrogen and oxygen atoms in total. The van der Waals surface area contributed by atoms with Crippen molar-refractivity contribution in [1.82, 2.24) is 0 Å². The number of carbonyl (C=O) groups is 1. The minimum atomic E-state index is -0.990. The third kappa shape index (κ3) is 4.85. The lowest BCUT2D eigenvalue weighted by molar-refractivity contribution is 0.104. The van der Waals surface area contributed by atoms with Gasteiger partial charge in [0.2, 0.25) is 0 Å². The van der Waals surface area contributed by atoms with Crippen LogP contribution in [0.3, 0.4) is 0 Å². The van der Waals surface area contributed by atoms with E-state index in [0.717, 1.165) is 25.0 Å². The summed E-state index contributed by atoms with van der Waals surface area (Å²) >= 11 is 0. The van der Waals surface area contributed by atoms with E-state index in [-0.39, 0.29) is 11.3 Å². The molecule has 156 valence electrons. The zero-order valence-corrected chi connectivity index (χ0v) is 17.2. The van der Waals surface area contributed by atoms with Crippen molar-refractivity contribution in [3.8, 4) is 11.5 Å². The van der Waals surface area contributed by atoms with Crippen LogP contribution >= 0.6 is 0 Å². The Labute approximate surface area is 175 Å². The number of hydrogen-bond acceptors (Lipinski definition) is 3. The van der Waals surface area contributed by atoms with E-state index < -0.39 is 23.0 Å². The first-order valence-corrected chi connectivity index (χ1v) is 9.73. The van der Waals surface area contributed by atoms with Crippen molar-refractivity contribution in [2.24, 2.45) is 0 Å². The highest BCUT2D eigenvalue weighted by molar-refractivity contribution is 6.09. The summed E-state index contributed by atoms with van der Waals surface area (Å²) in [6.07, 6.45) is 10.0. The van der Waals surface area contributed by atoms with Gasteiger partial charge >= 0.3 is 0 Å². The number of aromatic hydroxyl groups is 1. The number of hydrogen-bond donors (Lipinski definition) is 1. The van der Waals surface area contributed by atoms with Crippen LogP contribution in [0.25, 0.3) is 12.2 Å². The molecule has 0 bridgehead atoms. The van der Waals surface area contributed by atoms with Crippen molar-refractivity contribution in [2.45, 2.75) is 39.2 Å². The van der Waals surface area contributed by atoms with Crippen molar-refractivity contribution in [1.29, 1.82) is 0 Å². The number of ketones is 1. The number of phenolic OH excluding ortho intramolecular Hbond substituents is 1. The van der Waals surface area contributed by atoms with Crippen molar-refractivity contribution < 1.29 is 23.4 Å². The first-order valence-electron chi connectivity index (χ1n) is 9.73. The molecule has 1 aliphatic rings. The van der Waals surface area contributed by atoms with Gasteiger partial charge in [0.15, 0.2) is 17.4 Å². The minimum Gasteiger partial charge on any atom is -0.506 e. The molecular formula is C25H24F2O3. The first kappa shape index (κ1) is 21.5. The Bertz CT molecular complexity index is 1060. The summed E-state index contributed by atoms with van der Waals surface area (Å²) in [6, 6.07) is 6.52. The van der Waals surface area contributed by atoms with Gasteiger partial charge < -0.3 is 9.84 Å². The Morgan fingerprint density at radius 3 is 2.63 bits per heavy atom. The molecule has 0 saturated carbocycles. The van der Waals surface area contributed by atoms with Gasteiger partial charge in [0.25, 0.3) is 0 Å². The maximum Gasteiger partial charge on any atom is 0.189 e. The van der Waals surface area contributed by atoms with Crippen molar-refractivity contribution in [3.63, 3.8) is 0 Å². The van der Waals surface area contributed by atoms with Gasteiger partial charge in [-0.1, -0.05) is 23.8 Å². The van der Waals surface area contributed by atoms with E-state index in [4.69, 9.17) is 4.74 Å². The minimum absolute atomic E-state index is 0.106. The monoisotopic (exact) mass is 410 g/mol. The number of benzene rings is 2. The molecular weight excluding hydrogens is 386 g/mol. The summed E-state index contributed by atoms with van der Waals surface area (Å²) in [5.74, 6) is -2.06. The Morgan fingerprint density at radius 2 is 1.93 bits per heavy atom. The molecule has 0 spiro atoms. The molecule has 1 heterocycles. The van der Waals surface area contributed by atoms with Gasteiger partial charge in [-0.05, 0) is 81.7 Å². The van der Waals surface area contributed by atoms with E-state index in [0.29, 0.717) is 16.9 Å². The number of ether oxygens (including phenoxy) is 1. The van der Waals surface area contributed by atoms with Gasteiger partial charge in [0.1, 0.15) is 17.1 Å². The lowest BCUT2D eigenvalue weighted by Gasteiger charge is -2.32. The molecule has 1 aliphatic heterocycles. The van der Waals surface area contributed by atoms with Gasteiger partial charge in [-0.15, -0.1) is 0 Å². The number of fused-ring (bicyclic) bond motifs is 1. The quantitative estimate of drug-likeness (QED) is 0.337. The average molecular weight is 410 g/mol. The van der Waals surface area contributed by atoms with Crippen LogP contribution in [0.4, 0.5) is 8.78 Å². The molecule has 0 saturated heterocycles. The highest BCUT2D eigenvalue weighted by atomic mass is 19.2. The summed E-state index contributed by atoms with van der Waals surface area (Å²) < 4.78 is 32.4. The Hall–Kier alpha value is -3.21. The summed E-state index contributed by atoms with van der Waals surface area (Å²) in [5.41, 5.74) is 1.64. The standard InChI is InChI=1S/C25H24F2O3/c1-16(2)5-4-13-25(3)14-12-19-23(30-25)11-8-18(24(19)29)22(28)10-7-17-6-9-20(26)21(27)15-17/h5-12,14-15,29H,4,13H2,1-3H3/b10-7+. The third-order valence-electron chi connectivity index (χ3n) is 4.95. The molecule has 3 rings (SSSR count). The zero-order valence-electron chi connectivity index (χ0n) is 17.2. The fourth-order valence-electron chi connectivity index (χ4n) is 3.24. The van der Waals surface area contributed by atoms with Crippen molar-refractivity contribution in [2.75, 3.05) is 0 Å². The molecule has 1 unspecified atom stereocenters. The fraction of sp³-hybridized carbons (Fsp3) is 0.240. The lowest BCUT2D eigenvalue weighted by atomic mass is 9.93. The summed E-state index contributed by atoms with van der Waals surface area (Å²) in [4.78, 5) is 12.5. The molecule has 1 N–H and O–H groups in total. The van der Waals surface area contributed by atoms with Gasteiger partial charge in [0, 0.05) is 0 Å². The number of allylic oxidation sites excluding steroid dienone is 3. The van der Waals surface area contributed by atoms with Crippen LogP contribution in [0.15, 0.2) is 54.1 Å². The third-order valence-corrected chi connectivity index (χ3v) is 4.95. The van der Waals surface area contributed by atoms with Crippen LogP contribution in [0.2, 0.25) is 0 Å². The Kier molecular flexibility index (Phi) is 6.20. The van der Waals surface area contributed by atoms with E-state index >= 15 is 0 Å². The maximum absolute atomic E-state index is 13.3. The largest absolute Gasteiger partial charge is 0.506 e. The normalized spacial score (nSPS) is 17.5. The summed E-state index contributed by atoms with van der Waals surface area (Å²) in [6.45, 7) is 6.07. The van der Waals surface area contributed by atoms with E-state index in [1.807, 2.05) is 26.8 Å². The van der Waals surface area contributed by atoms with E-state index in [2.05, 4.69) is 6.08 Å². The van der Waals surface area contributed by atoms with Crippen molar-refractivity contribution in [3.05, 3.63) is 82.5 Å². The molecule has 1 atom stereocenters. The predicted octanol–water partition coefficient (Wildman–Crippen LogP) is 6.48. The SMILES string of the molecule is CC(C)=CCCC1(C)C=Cc2c(ccc(C(=O)/C=C/c3ccc(F)c(F)c3)c2O)O1. The lowest BCUT2D eigenvalue weighted by Crippen LogP contribution is -2.31. The number of phenols is 1. The second kappa shape index (κ2) is 8.66. The molecule has 30 heavy (non-hydrogen) atoms. The van der Waals surface area contributed by atoms with Crippen LogP contribution < -0.4 is 4.74 Å². The molecule has 0 aromatic heterocycles. The summed E-state index contributed by atoms with van der Waals surface area (Å²) in [5, 5.41) is 10.6. The van der Waals surface area contributed by atoms with Gasteiger partial charge in [-0.3, -0.25) is 4.79 Å². The first-order chi connectivity index (χ1) is 14.2. The zero-order chi connectivity index (χ0) is 21.9. The van der Waals surface area contributed by atoms with Gasteiger partial charge in [-0.25, -0.2) is 8.78 Å². The molecule has 2 aromatic rings. The van der Waals surface area contributed by atoms with E-state index in [1.165, 1.54) is 29.9 Å². The van der Waals surface area contributed by atoms with Crippen LogP contribution in [0.1, 0.15) is 55.1 Å². The number of rotatable bonds is 6. The molecule has 2 aromatic carbocycles. The Morgan fingerprint density at radius 1 is 1.17 bits per heavy atom. The van der Waals surface area contributed by atoms with E-state index in [1.54, 1.807) is 12.1 Å². The molecule has 0 fully saturated rings. The average Bonchev–Trinajstić information content (AvgIpc) is 2.68. The second-order valence-corrected chi connectivity index (χ2v) is 7.81. The van der Waals surface area contributed by atoms with E-state index in [9.17, 15) is 18.7 Å². The topological polar surface area (TPSA) is 46.5 Å². The van der Waals surface area contributed by atoms with Crippen molar-refractivity contribution >= 4 is 17.9 Å². The highest BCUT2D eigenvalue weighted by Crippen LogP contribution is 2.40. The number of carbonyl (C=O) groups excluding carboxylic acids is 1. The van der Waals surface area contributed by atoms with Crippen LogP contribution in [-0.2, 0) is 0 Å².